The van der Waals surface area contributed by atoms with Crippen molar-refractivity contribution in [2.75, 3.05) is 19.6 Å². The van der Waals surface area contributed by atoms with Gasteiger partial charge in [0.1, 0.15) is 5.76 Å². The van der Waals surface area contributed by atoms with Gasteiger partial charge in [0.15, 0.2) is 0 Å². The van der Waals surface area contributed by atoms with Crippen LogP contribution in [0.3, 0.4) is 0 Å². The number of fused-ring (bicyclic) bond motifs is 1. The quantitative estimate of drug-likeness (QED) is 0.750. The summed E-state index contributed by atoms with van der Waals surface area (Å²) in [6.07, 6.45) is 5.93. The van der Waals surface area contributed by atoms with Crippen molar-refractivity contribution in [2.24, 2.45) is 5.92 Å². The third-order valence-electron chi connectivity index (χ3n) is 4.93. The number of H-pyrrole nitrogens is 1. The van der Waals surface area contributed by atoms with Gasteiger partial charge in [0.25, 0.3) is 5.91 Å². The van der Waals surface area contributed by atoms with Crippen LogP contribution in [0.1, 0.15) is 29.0 Å². The third-order valence-corrected chi connectivity index (χ3v) is 4.93. The van der Waals surface area contributed by atoms with Crippen LogP contribution < -0.4 is 5.32 Å². The summed E-state index contributed by atoms with van der Waals surface area (Å²) in [7, 11) is 0. The van der Waals surface area contributed by atoms with E-state index >= 15 is 0 Å². The van der Waals surface area contributed by atoms with Crippen molar-refractivity contribution < 1.29 is 9.21 Å². The Bertz CT molecular complexity index is 838. The lowest BCUT2D eigenvalue weighted by molar-refractivity contribution is 0.0928. The number of hydrogen-bond donors (Lipinski definition) is 2. The molecule has 1 saturated heterocycles. The number of benzene rings is 1. The van der Waals surface area contributed by atoms with Gasteiger partial charge in [-0.25, -0.2) is 0 Å². The smallest absolute Gasteiger partial charge is 0.251 e. The zero-order chi connectivity index (χ0) is 17.1. The van der Waals surface area contributed by atoms with E-state index in [4.69, 9.17) is 4.42 Å². The van der Waals surface area contributed by atoms with E-state index in [0.29, 0.717) is 11.5 Å². The number of furan rings is 1. The number of carbonyl (C=O) groups is 1. The highest BCUT2D eigenvalue weighted by atomic mass is 16.3. The SMILES string of the molecule is O=C(NC[C@H]1CCCN(Cc2ccco2)C1)c1ccc2cc[nH]c2c1. The van der Waals surface area contributed by atoms with E-state index in [1.165, 1.54) is 0 Å². The van der Waals surface area contributed by atoms with Crippen LogP contribution in [-0.4, -0.2) is 35.4 Å². The number of rotatable bonds is 5. The Labute approximate surface area is 147 Å². The van der Waals surface area contributed by atoms with Crippen molar-refractivity contribution in [2.45, 2.75) is 19.4 Å². The molecular formula is C20H23N3O2. The molecule has 0 saturated carbocycles. The fraction of sp³-hybridized carbons (Fsp3) is 0.350. The van der Waals surface area contributed by atoms with Crippen LogP contribution in [0.25, 0.3) is 10.9 Å². The van der Waals surface area contributed by atoms with Gasteiger partial charge in [-0.1, -0.05) is 6.07 Å². The summed E-state index contributed by atoms with van der Waals surface area (Å²) in [5.74, 6) is 1.49. The molecule has 2 aromatic heterocycles. The van der Waals surface area contributed by atoms with Gasteiger partial charge in [0.2, 0.25) is 0 Å². The highest BCUT2D eigenvalue weighted by Gasteiger charge is 2.21. The van der Waals surface area contributed by atoms with Crippen LogP contribution in [-0.2, 0) is 6.54 Å². The van der Waals surface area contributed by atoms with E-state index in [9.17, 15) is 4.79 Å². The van der Waals surface area contributed by atoms with Gasteiger partial charge in [-0.2, -0.15) is 0 Å². The molecule has 0 unspecified atom stereocenters. The maximum atomic E-state index is 12.4. The zero-order valence-electron chi connectivity index (χ0n) is 14.2. The van der Waals surface area contributed by atoms with Gasteiger partial charge in [0.05, 0.1) is 12.8 Å². The number of hydrogen-bond acceptors (Lipinski definition) is 3. The highest BCUT2D eigenvalue weighted by molar-refractivity contribution is 5.97. The lowest BCUT2D eigenvalue weighted by atomic mass is 9.97. The molecular weight excluding hydrogens is 314 g/mol. The summed E-state index contributed by atoms with van der Waals surface area (Å²) in [6.45, 7) is 3.66. The van der Waals surface area contributed by atoms with Crippen molar-refractivity contribution in [3.05, 3.63) is 60.2 Å². The minimum absolute atomic E-state index is 0.000317. The maximum Gasteiger partial charge on any atom is 0.251 e. The van der Waals surface area contributed by atoms with Crippen LogP contribution in [0.15, 0.2) is 53.3 Å². The molecule has 130 valence electrons. The second-order valence-electron chi connectivity index (χ2n) is 6.81. The Hall–Kier alpha value is -2.53. The predicted molar refractivity (Wildman–Crippen MR) is 97.3 cm³/mol. The number of aromatic nitrogens is 1. The van der Waals surface area contributed by atoms with Gasteiger partial charge in [-0.3, -0.25) is 9.69 Å². The first kappa shape index (κ1) is 16.0. The summed E-state index contributed by atoms with van der Waals surface area (Å²) in [5, 5.41) is 4.22. The zero-order valence-corrected chi connectivity index (χ0v) is 14.2. The van der Waals surface area contributed by atoms with Gasteiger partial charge in [-0.05, 0) is 61.0 Å². The summed E-state index contributed by atoms with van der Waals surface area (Å²) in [5.41, 5.74) is 1.70. The molecule has 1 aliphatic rings. The number of amides is 1. The lowest BCUT2D eigenvalue weighted by Gasteiger charge is -2.32. The van der Waals surface area contributed by atoms with Crippen LogP contribution in [0.5, 0.6) is 0 Å². The Morgan fingerprint density at radius 3 is 3.16 bits per heavy atom. The average Bonchev–Trinajstić information content (AvgIpc) is 3.30. The van der Waals surface area contributed by atoms with Crippen molar-refractivity contribution in [1.29, 1.82) is 0 Å². The first-order valence-corrected chi connectivity index (χ1v) is 8.88. The summed E-state index contributed by atoms with van der Waals surface area (Å²) < 4.78 is 5.44. The molecule has 2 N–H and O–H groups in total. The van der Waals surface area contributed by atoms with Crippen molar-refractivity contribution >= 4 is 16.8 Å². The monoisotopic (exact) mass is 337 g/mol. The van der Waals surface area contributed by atoms with Crippen LogP contribution in [0.4, 0.5) is 0 Å². The molecule has 1 atom stereocenters. The first-order valence-electron chi connectivity index (χ1n) is 8.88. The predicted octanol–water partition coefficient (Wildman–Crippen LogP) is 3.40. The molecule has 25 heavy (non-hydrogen) atoms. The van der Waals surface area contributed by atoms with E-state index < -0.39 is 0 Å². The number of carbonyl (C=O) groups excluding carboxylic acids is 1. The van der Waals surface area contributed by atoms with Gasteiger partial charge >= 0.3 is 0 Å². The molecule has 4 rings (SSSR count). The minimum Gasteiger partial charge on any atom is -0.468 e. The van der Waals surface area contributed by atoms with Gasteiger partial charge in [-0.15, -0.1) is 0 Å². The van der Waals surface area contributed by atoms with E-state index in [1.807, 2.05) is 42.6 Å². The van der Waals surface area contributed by atoms with E-state index in [1.54, 1.807) is 6.26 Å². The number of piperidine rings is 1. The molecule has 5 nitrogen and oxygen atoms in total. The molecule has 0 spiro atoms. The van der Waals surface area contributed by atoms with Crippen LogP contribution in [0, 0.1) is 5.92 Å². The van der Waals surface area contributed by atoms with Crippen LogP contribution in [0.2, 0.25) is 0 Å². The van der Waals surface area contributed by atoms with Crippen LogP contribution >= 0.6 is 0 Å². The number of aromatic amines is 1. The molecule has 3 aromatic rings. The molecule has 0 radical (unpaired) electrons. The summed E-state index contributed by atoms with van der Waals surface area (Å²) in [4.78, 5) is 18.0. The molecule has 1 amide bonds. The molecule has 3 heterocycles. The number of nitrogens with zero attached hydrogens (tertiary/aromatic N) is 1. The first-order chi connectivity index (χ1) is 12.3. The Morgan fingerprint density at radius 2 is 2.28 bits per heavy atom. The van der Waals surface area contributed by atoms with Crippen molar-refractivity contribution in [3.8, 4) is 0 Å². The minimum atomic E-state index is -0.000317. The van der Waals surface area contributed by atoms with E-state index in [2.05, 4.69) is 15.2 Å². The van der Waals surface area contributed by atoms with Gasteiger partial charge < -0.3 is 14.7 Å². The molecule has 0 bridgehead atoms. The molecule has 1 aliphatic heterocycles. The Morgan fingerprint density at radius 1 is 1.32 bits per heavy atom. The normalized spacial score (nSPS) is 18.5. The number of nitrogens with one attached hydrogen (secondary N) is 2. The molecule has 5 heteroatoms. The standard InChI is InChI=1S/C20H23N3O2/c24-20(17-6-5-16-7-8-21-19(16)11-17)22-12-15-3-1-9-23(13-15)14-18-4-2-10-25-18/h2,4-8,10-11,15,21H,1,3,9,12-14H2,(H,22,24)/t15-/m1/s1. The summed E-state index contributed by atoms with van der Waals surface area (Å²) in [6, 6.07) is 11.7. The maximum absolute atomic E-state index is 12.4. The molecule has 1 aromatic carbocycles. The van der Waals surface area contributed by atoms with E-state index in [-0.39, 0.29) is 5.91 Å². The number of likely N-dealkylation sites (tertiary alicyclic amines) is 1. The second kappa shape index (κ2) is 7.15. The van der Waals surface area contributed by atoms with Gasteiger partial charge in [0, 0.05) is 30.4 Å². The largest absolute Gasteiger partial charge is 0.468 e. The van der Waals surface area contributed by atoms with Crippen molar-refractivity contribution in [3.63, 3.8) is 0 Å². The van der Waals surface area contributed by atoms with Crippen molar-refractivity contribution in [1.82, 2.24) is 15.2 Å². The highest BCUT2D eigenvalue weighted by Crippen LogP contribution is 2.19. The Kier molecular flexibility index (Phi) is 4.57. The summed E-state index contributed by atoms with van der Waals surface area (Å²) >= 11 is 0. The third kappa shape index (κ3) is 3.77. The second-order valence-corrected chi connectivity index (χ2v) is 6.81. The lowest BCUT2D eigenvalue weighted by Crippen LogP contribution is -2.40. The molecule has 1 fully saturated rings. The van der Waals surface area contributed by atoms with E-state index in [0.717, 1.165) is 55.7 Å². The fourth-order valence-electron chi connectivity index (χ4n) is 3.61. The molecule has 0 aliphatic carbocycles. The topological polar surface area (TPSA) is 61.3 Å². The Balaban J connectivity index is 1.31. The average molecular weight is 337 g/mol. The fourth-order valence-corrected chi connectivity index (χ4v) is 3.61.